The molecule has 49 heavy (non-hydrogen) atoms. The van der Waals surface area contributed by atoms with E-state index in [0.29, 0.717) is 24.4 Å². The number of carbonyl (C=O) groups is 2. The lowest BCUT2D eigenvalue weighted by molar-refractivity contribution is 0.0696. The van der Waals surface area contributed by atoms with Gasteiger partial charge in [0.05, 0.1) is 22.9 Å². The molecule has 4 rings (SSSR count). The van der Waals surface area contributed by atoms with Gasteiger partial charge in [0.2, 0.25) is 10.0 Å². The monoisotopic (exact) mass is 692 g/mol. The van der Waals surface area contributed by atoms with Gasteiger partial charge in [0.15, 0.2) is 5.75 Å². The summed E-state index contributed by atoms with van der Waals surface area (Å²) in [4.78, 5) is 22.2. The van der Waals surface area contributed by atoms with Crippen molar-refractivity contribution in [2.24, 2.45) is 10.9 Å². The number of carbonyl (C=O) groups excluding carboxylic acids is 1. The lowest BCUT2D eigenvalue weighted by Gasteiger charge is -2.18. The van der Waals surface area contributed by atoms with Crippen LogP contribution in [0.4, 0.5) is 5.69 Å². The highest BCUT2D eigenvalue weighted by Gasteiger charge is 2.23. The Hall–Kier alpha value is -4.95. The standard InChI is InChI=1S/C19H24N2O3.C17H20N2O5S/c1-13(7-8-14-5-3-2-4-6-14)21-12-18(23)15-9-10-17(22)16(11-15)19(20)24;1-2-3-9-19-14-10-12(17(20)21)11-15(25(18,22)23)16(14)24-13-7-5-4-6-8-13/h2-6,9-11,13,18,21-23H,7-8,12H2,1H3,(H2,20,24);4-8,10-11,19H,2-3,9H2,1H3,(H,20,21)(H2,18,22,23). The van der Waals surface area contributed by atoms with Crippen molar-refractivity contribution in [2.75, 3.05) is 18.4 Å². The highest BCUT2D eigenvalue weighted by molar-refractivity contribution is 7.89. The molecule has 0 aliphatic heterocycles. The summed E-state index contributed by atoms with van der Waals surface area (Å²) in [7, 11) is -4.19. The predicted octanol–water partition coefficient (Wildman–Crippen LogP) is 5.17. The molecule has 2 unspecified atom stereocenters. The number of anilines is 1. The van der Waals surface area contributed by atoms with E-state index >= 15 is 0 Å². The molecule has 0 aliphatic carbocycles. The summed E-state index contributed by atoms with van der Waals surface area (Å²) in [5.74, 6) is -1.76. The van der Waals surface area contributed by atoms with E-state index in [1.54, 1.807) is 36.4 Å². The number of carboxylic acids is 1. The number of para-hydroxylation sites is 1. The molecule has 0 radical (unpaired) electrons. The Morgan fingerprint density at radius 1 is 0.959 bits per heavy atom. The van der Waals surface area contributed by atoms with Crippen LogP contribution >= 0.6 is 0 Å². The molecule has 1 amide bonds. The van der Waals surface area contributed by atoms with E-state index in [1.807, 2.05) is 25.1 Å². The molecule has 0 fully saturated rings. The molecule has 0 saturated carbocycles. The van der Waals surface area contributed by atoms with Crippen LogP contribution in [0.25, 0.3) is 0 Å². The Kier molecular flexibility index (Phi) is 14.6. The molecule has 0 bridgehead atoms. The summed E-state index contributed by atoms with van der Waals surface area (Å²) in [6.45, 7) is 4.97. The van der Waals surface area contributed by atoms with E-state index in [0.717, 1.165) is 31.7 Å². The number of aromatic hydroxyl groups is 1. The van der Waals surface area contributed by atoms with Gasteiger partial charge in [-0.15, -0.1) is 0 Å². The zero-order valence-electron chi connectivity index (χ0n) is 27.5. The molecule has 4 aromatic rings. The van der Waals surface area contributed by atoms with Crippen molar-refractivity contribution < 1.29 is 38.1 Å². The fourth-order valence-electron chi connectivity index (χ4n) is 4.70. The first-order chi connectivity index (χ1) is 23.3. The zero-order valence-corrected chi connectivity index (χ0v) is 28.3. The lowest BCUT2D eigenvalue weighted by Crippen LogP contribution is -2.31. The molecule has 0 heterocycles. The second-order valence-electron chi connectivity index (χ2n) is 11.4. The average molecular weight is 693 g/mol. The molecule has 2 atom stereocenters. The number of aliphatic hydroxyl groups excluding tert-OH is 1. The lowest BCUT2D eigenvalue weighted by atomic mass is 10.0. The number of primary amides is 1. The number of hydrogen-bond donors (Lipinski definition) is 7. The molecule has 13 heteroatoms. The number of nitrogens with one attached hydrogen (secondary N) is 2. The van der Waals surface area contributed by atoms with Crippen LogP contribution in [0.15, 0.2) is 95.9 Å². The van der Waals surface area contributed by atoms with Crippen molar-refractivity contribution in [3.8, 4) is 17.2 Å². The summed E-state index contributed by atoms with van der Waals surface area (Å²) in [6, 6.07) is 25.8. The minimum absolute atomic E-state index is 0.0173. The normalized spacial score (nSPS) is 12.2. The number of ether oxygens (including phenoxy) is 1. The molecule has 0 aromatic heterocycles. The Morgan fingerprint density at radius 2 is 1.61 bits per heavy atom. The van der Waals surface area contributed by atoms with Gasteiger partial charge in [-0.1, -0.05) is 67.9 Å². The van der Waals surface area contributed by atoms with E-state index in [2.05, 4.69) is 29.7 Å². The van der Waals surface area contributed by atoms with Crippen molar-refractivity contribution in [2.45, 2.75) is 56.6 Å². The van der Waals surface area contributed by atoms with E-state index in [9.17, 15) is 33.3 Å². The van der Waals surface area contributed by atoms with Gasteiger partial charge in [0.25, 0.3) is 5.91 Å². The Morgan fingerprint density at radius 3 is 2.20 bits per heavy atom. The quantitative estimate of drug-likeness (QED) is 0.0765. The smallest absolute Gasteiger partial charge is 0.335 e. The number of rotatable bonds is 16. The Balaban J connectivity index is 0.000000266. The predicted molar refractivity (Wildman–Crippen MR) is 189 cm³/mol. The van der Waals surface area contributed by atoms with Crippen molar-refractivity contribution >= 4 is 27.6 Å². The van der Waals surface area contributed by atoms with E-state index < -0.39 is 28.0 Å². The summed E-state index contributed by atoms with van der Waals surface area (Å²) in [5.41, 5.74) is 7.13. The number of aliphatic hydroxyl groups is 1. The Labute approximate surface area is 286 Å². The van der Waals surface area contributed by atoms with Crippen LogP contribution in [0.2, 0.25) is 0 Å². The maximum atomic E-state index is 12.0. The summed E-state index contributed by atoms with van der Waals surface area (Å²) in [5, 5.41) is 40.7. The highest BCUT2D eigenvalue weighted by Crippen LogP contribution is 2.37. The minimum atomic E-state index is -4.19. The third-order valence-corrected chi connectivity index (χ3v) is 8.37. The molecular weight excluding hydrogens is 648 g/mol. The number of phenols is 1. The fraction of sp³-hybridized carbons (Fsp3) is 0.278. The van der Waals surface area contributed by atoms with Gasteiger partial charge in [-0.2, -0.15) is 0 Å². The molecule has 9 N–H and O–H groups in total. The maximum absolute atomic E-state index is 12.0. The largest absolute Gasteiger partial charge is 0.507 e. The number of amides is 1. The average Bonchev–Trinajstić information content (AvgIpc) is 3.07. The number of unbranched alkanes of at least 4 members (excludes halogenated alkanes) is 1. The number of carboxylic acid groups (broad SMARTS) is 1. The third kappa shape index (κ3) is 12.2. The van der Waals surface area contributed by atoms with E-state index in [4.69, 9.17) is 15.6 Å². The number of sulfonamides is 1. The number of benzene rings is 4. The van der Waals surface area contributed by atoms with E-state index in [1.165, 1.54) is 23.8 Å². The van der Waals surface area contributed by atoms with Gasteiger partial charge in [0.1, 0.15) is 16.4 Å². The van der Waals surface area contributed by atoms with Crippen LogP contribution in [0.5, 0.6) is 17.2 Å². The summed E-state index contributed by atoms with van der Waals surface area (Å²) >= 11 is 0. The van der Waals surface area contributed by atoms with Gasteiger partial charge in [0, 0.05) is 19.1 Å². The minimum Gasteiger partial charge on any atom is -0.507 e. The summed E-state index contributed by atoms with van der Waals surface area (Å²) in [6.07, 6.45) is 2.90. The third-order valence-electron chi connectivity index (χ3n) is 7.46. The van der Waals surface area contributed by atoms with Gasteiger partial charge < -0.3 is 36.4 Å². The van der Waals surface area contributed by atoms with Gasteiger partial charge in [-0.25, -0.2) is 18.4 Å². The molecule has 0 spiro atoms. The molecule has 4 aromatic carbocycles. The zero-order chi connectivity index (χ0) is 36.0. The van der Waals surface area contributed by atoms with Gasteiger partial charge >= 0.3 is 5.97 Å². The maximum Gasteiger partial charge on any atom is 0.335 e. The summed E-state index contributed by atoms with van der Waals surface area (Å²) < 4.78 is 29.7. The molecule has 12 nitrogen and oxygen atoms in total. The van der Waals surface area contributed by atoms with Crippen molar-refractivity contribution in [3.63, 3.8) is 0 Å². The van der Waals surface area contributed by atoms with Crippen LogP contribution in [-0.4, -0.2) is 54.7 Å². The topological polar surface area (TPSA) is 214 Å². The Bertz CT molecular complexity index is 1790. The van der Waals surface area contributed by atoms with Crippen LogP contribution < -0.4 is 26.2 Å². The van der Waals surface area contributed by atoms with Crippen molar-refractivity contribution in [1.82, 2.24) is 5.32 Å². The molecular formula is C36H44N4O8S. The van der Waals surface area contributed by atoms with Crippen LogP contribution in [0.1, 0.15) is 71.1 Å². The second-order valence-corrected chi connectivity index (χ2v) is 12.9. The van der Waals surface area contributed by atoms with Gasteiger partial charge in [-0.05, 0) is 73.7 Å². The molecule has 0 aliphatic rings. The van der Waals surface area contributed by atoms with Crippen molar-refractivity contribution in [1.29, 1.82) is 0 Å². The van der Waals surface area contributed by atoms with Crippen LogP contribution in [0.3, 0.4) is 0 Å². The number of aromatic carboxylic acids is 1. The number of primary sulfonamides is 1. The SMILES string of the molecule is CC(CCc1ccccc1)NCC(O)c1ccc(O)c(C(N)=O)c1.CCCCNc1cc(C(=O)O)cc(S(N)(=O)=O)c1Oc1ccccc1. The van der Waals surface area contributed by atoms with Crippen molar-refractivity contribution in [3.05, 3.63) is 113 Å². The fourth-order valence-corrected chi connectivity index (χ4v) is 5.40. The van der Waals surface area contributed by atoms with Crippen LogP contribution in [-0.2, 0) is 16.4 Å². The first kappa shape index (κ1) is 38.5. The molecule has 0 saturated heterocycles. The van der Waals surface area contributed by atoms with E-state index in [-0.39, 0.29) is 39.3 Å². The number of aryl methyl sites for hydroxylation is 1. The second kappa shape index (κ2) is 18.6. The van der Waals surface area contributed by atoms with Gasteiger partial charge in [-0.3, -0.25) is 4.79 Å². The number of nitrogens with two attached hydrogens (primary N) is 2. The number of hydrogen-bond acceptors (Lipinski definition) is 9. The van der Waals surface area contributed by atoms with Crippen LogP contribution in [0, 0.1) is 0 Å². The first-order valence-corrected chi connectivity index (χ1v) is 17.3. The first-order valence-electron chi connectivity index (χ1n) is 15.8. The highest BCUT2D eigenvalue weighted by atomic mass is 32.2. The molecule has 262 valence electrons.